The molecular formula is C21H25N5O. The highest BCUT2D eigenvalue weighted by Crippen LogP contribution is 2.32. The fourth-order valence-electron chi connectivity index (χ4n) is 3.08. The number of H-pyrrole nitrogens is 1. The smallest absolute Gasteiger partial charge is 0.255 e. The Hall–Kier alpha value is -3.07. The lowest BCUT2D eigenvalue weighted by atomic mass is 10.1. The molecule has 0 radical (unpaired) electrons. The normalized spacial score (nSPS) is 11.3. The summed E-state index contributed by atoms with van der Waals surface area (Å²) >= 11 is 0. The lowest BCUT2D eigenvalue weighted by molar-refractivity contribution is 0.0952. The van der Waals surface area contributed by atoms with Gasteiger partial charge < -0.3 is 15.6 Å². The molecule has 27 heavy (non-hydrogen) atoms. The fourth-order valence-corrected chi connectivity index (χ4v) is 3.08. The molecule has 0 saturated carbocycles. The van der Waals surface area contributed by atoms with Crippen LogP contribution >= 0.6 is 0 Å². The molecule has 0 aliphatic rings. The van der Waals surface area contributed by atoms with Crippen LogP contribution in [0.3, 0.4) is 0 Å². The van der Waals surface area contributed by atoms with Crippen molar-refractivity contribution in [1.29, 1.82) is 5.26 Å². The number of fused-ring (bicyclic) bond motifs is 3. The van der Waals surface area contributed by atoms with Crippen molar-refractivity contribution in [2.24, 2.45) is 5.92 Å². The third-order valence-corrected chi connectivity index (χ3v) is 4.43. The summed E-state index contributed by atoms with van der Waals surface area (Å²) in [6, 6.07) is 7.78. The summed E-state index contributed by atoms with van der Waals surface area (Å²) in [5.41, 5.74) is 4.25. The zero-order valence-electron chi connectivity index (χ0n) is 16.2. The Kier molecular flexibility index (Phi) is 5.31. The number of hydrogen-bond donors (Lipinski definition) is 3. The minimum absolute atomic E-state index is 0.135. The van der Waals surface area contributed by atoms with Gasteiger partial charge in [0.15, 0.2) is 0 Å². The number of aromatic nitrogens is 2. The number of amides is 1. The third-order valence-electron chi connectivity index (χ3n) is 4.43. The van der Waals surface area contributed by atoms with Crippen molar-refractivity contribution in [3.63, 3.8) is 0 Å². The summed E-state index contributed by atoms with van der Waals surface area (Å²) in [7, 11) is 0. The molecule has 0 aliphatic heterocycles. The fraction of sp³-hybridized carbons (Fsp3) is 0.381. The second-order valence-electron chi connectivity index (χ2n) is 7.51. The van der Waals surface area contributed by atoms with E-state index in [0.29, 0.717) is 23.6 Å². The average Bonchev–Trinajstić information content (AvgIpc) is 2.99. The molecule has 3 aromatic rings. The summed E-state index contributed by atoms with van der Waals surface area (Å²) in [5.74, 6) is 0.395. The lowest BCUT2D eigenvalue weighted by Gasteiger charge is -2.16. The van der Waals surface area contributed by atoms with E-state index in [4.69, 9.17) is 5.26 Å². The molecule has 0 saturated heterocycles. The van der Waals surface area contributed by atoms with E-state index < -0.39 is 0 Å². The van der Waals surface area contributed by atoms with Crippen LogP contribution in [0.5, 0.6) is 0 Å². The minimum atomic E-state index is -0.135. The van der Waals surface area contributed by atoms with Crippen molar-refractivity contribution in [3.05, 3.63) is 35.5 Å². The molecular weight excluding hydrogens is 338 g/mol. The van der Waals surface area contributed by atoms with Gasteiger partial charge in [-0.2, -0.15) is 5.26 Å². The number of nitrogens with one attached hydrogen (secondary N) is 3. The van der Waals surface area contributed by atoms with Gasteiger partial charge in [0, 0.05) is 29.7 Å². The number of hydrogen-bond acceptors (Lipinski definition) is 4. The summed E-state index contributed by atoms with van der Waals surface area (Å²) in [6.07, 6.45) is 2.56. The lowest BCUT2D eigenvalue weighted by Crippen LogP contribution is -2.27. The molecule has 0 aliphatic carbocycles. The Balaban J connectivity index is 2.09. The van der Waals surface area contributed by atoms with Crippen LogP contribution in [-0.4, -0.2) is 28.5 Å². The Bertz CT molecular complexity index is 1030. The van der Waals surface area contributed by atoms with E-state index in [0.717, 1.165) is 34.0 Å². The number of anilines is 1. The molecule has 0 fully saturated rings. The van der Waals surface area contributed by atoms with Gasteiger partial charge in [-0.15, -0.1) is 0 Å². The quantitative estimate of drug-likeness (QED) is 0.612. The maximum Gasteiger partial charge on any atom is 0.255 e. The summed E-state index contributed by atoms with van der Waals surface area (Å²) in [6.45, 7) is 8.96. The summed E-state index contributed by atoms with van der Waals surface area (Å²) in [5, 5.41) is 16.4. The highest BCUT2D eigenvalue weighted by atomic mass is 16.1. The molecule has 0 bridgehead atoms. The van der Waals surface area contributed by atoms with E-state index in [9.17, 15) is 4.79 Å². The highest BCUT2D eigenvalue weighted by Gasteiger charge is 2.19. The molecule has 6 nitrogen and oxygen atoms in total. The Morgan fingerprint density at radius 2 is 2.07 bits per heavy atom. The Labute approximate surface area is 159 Å². The topological polar surface area (TPSA) is 93.6 Å². The molecule has 1 aromatic carbocycles. The molecule has 1 amide bonds. The maximum absolute atomic E-state index is 12.7. The first-order chi connectivity index (χ1) is 12.9. The largest absolute Gasteiger partial charge is 0.380 e. The van der Waals surface area contributed by atoms with Crippen molar-refractivity contribution >= 4 is 33.5 Å². The number of nitrogens with zero attached hydrogens (tertiary/aromatic N) is 2. The number of benzene rings is 1. The van der Waals surface area contributed by atoms with E-state index in [1.54, 1.807) is 18.3 Å². The maximum atomic E-state index is 12.7. The summed E-state index contributed by atoms with van der Waals surface area (Å²) in [4.78, 5) is 20.6. The molecule has 3 N–H and O–H groups in total. The van der Waals surface area contributed by atoms with Crippen LogP contribution < -0.4 is 10.6 Å². The van der Waals surface area contributed by atoms with Gasteiger partial charge in [0.1, 0.15) is 0 Å². The van der Waals surface area contributed by atoms with Gasteiger partial charge in [-0.05, 0) is 44.4 Å². The van der Waals surface area contributed by atoms with Crippen molar-refractivity contribution in [2.75, 3.05) is 11.9 Å². The first-order valence-electron chi connectivity index (χ1n) is 9.30. The standard InChI is InChI=1S/C21H25N5O/c1-12(2)7-8-23-21(27)16-11-24-18-15-6-5-14(10-22)9-17(15)26-20(18)19(16)25-13(3)4/h5-6,9,11-13,26H,7-8H2,1-4H3,(H,23,27)(H,24,25). The summed E-state index contributed by atoms with van der Waals surface area (Å²) < 4.78 is 0. The van der Waals surface area contributed by atoms with Crippen LogP contribution in [0, 0.1) is 17.2 Å². The average molecular weight is 363 g/mol. The van der Waals surface area contributed by atoms with Crippen LogP contribution in [0.15, 0.2) is 24.4 Å². The van der Waals surface area contributed by atoms with Crippen molar-refractivity contribution in [2.45, 2.75) is 40.2 Å². The van der Waals surface area contributed by atoms with Crippen LogP contribution in [0.1, 0.15) is 50.0 Å². The third kappa shape index (κ3) is 3.87. The molecule has 0 spiro atoms. The molecule has 3 rings (SSSR count). The van der Waals surface area contributed by atoms with E-state index in [1.165, 1.54) is 0 Å². The molecule has 140 valence electrons. The number of aromatic amines is 1. The highest BCUT2D eigenvalue weighted by molar-refractivity contribution is 6.13. The molecule has 0 unspecified atom stereocenters. The van der Waals surface area contributed by atoms with Crippen LogP contribution in [-0.2, 0) is 0 Å². The van der Waals surface area contributed by atoms with Crippen LogP contribution in [0.2, 0.25) is 0 Å². The van der Waals surface area contributed by atoms with Crippen molar-refractivity contribution < 1.29 is 4.79 Å². The van der Waals surface area contributed by atoms with Gasteiger partial charge in [-0.3, -0.25) is 9.78 Å². The van der Waals surface area contributed by atoms with E-state index >= 15 is 0 Å². The van der Waals surface area contributed by atoms with E-state index in [-0.39, 0.29) is 11.9 Å². The van der Waals surface area contributed by atoms with Crippen LogP contribution in [0.4, 0.5) is 5.69 Å². The van der Waals surface area contributed by atoms with Gasteiger partial charge in [-0.25, -0.2) is 0 Å². The Morgan fingerprint density at radius 1 is 1.30 bits per heavy atom. The number of carbonyl (C=O) groups excluding carboxylic acids is 1. The monoisotopic (exact) mass is 363 g/mol. The van der Waals surface area contributed by atoms with Gasteiger partial charge in [0.05, 0.1) is 33.9 Å². The molecule has 6 heteroatoms. The van der Waals surface area contributed by atoms with Gasteiger partial charge in [0.2, 0.25) is 0 Å². The number of nitriles is 1. The molecule has 2 heterocycles. The second-order valence-corrected chi connectivity index (χ2v) is 7.51. The van der Waals surface area contributed by atoms with Gasteiger partial charge in [0.25, 0.3) is 5.91 Å². The SMILES string of the molecule is CC(C)CCNC(=O)c1cnc2c([nH]c3cc(C#N)ccc32)c1NC(C)C. The van der Waals surface area contributed by atoms with Crippen molar-refractivity contribution in [1.82, 2.24) is 15.3 Å². The Morgan fingerprint density at radius 3 is 2.74 bits per heavy atom. The predicted molar refractivity (Wildman–Crippen MR) is 109 cm³/mol. The second kappa shape index (κ2) is 7.67. The minimum Gasteiger partial charge on any atom is -0.380 e. The number of carbonyl (C=O) groups is 1. The van der Waals surface area contributed by atoms with Gasteiger partial charge in [-0.1, -0.05) is 13.8 Å². The van der Waals surface area contributed by atoms with Crippen LogP contribution in [0.25, 0.3) is 21.9 Å². The number of pyridine rings is 1. The molecule has 2 aromatic heterocycles. The van der Waals surface area contributed by atoms with Crippen molar-refractivity contribution in [3.8, 4) is 6.07 Å². The first kappa shape index (κ1) is 18.7. The zero-order valence-corrected chi connectivity index (χ0v) is 16.2. The van der Waals surface area contributed by atoms with E-state index in [2.05, 4.69) is 40.5 Å². The zero-order chi connectivity index (χ0) is 19.6. The molecule has 0 atom stereocenters. The van der Waals surface area contributed by atoms with Gasteiger partial charge >= 0.3 is 0 Å². The van der Waals surface area contributed by atoms with E-state index in [1.807, 2.05) is 19.9 Å². The number of rotatable bonds is 6. The predicted octanol–water partition coefficient (Wildman–Crippen LogP) is 4.18. The first-order valence-corrected chi connectivity index (χ1v) is 9.30.